The van der Waals surface area contributed by atoms with Crippen molar-refractivity contribution in [2.24, 2.45) is 0 Å². The summed E-state index contributed by atoms with van der Waals surface area (Å²) in [7, 11) is 0. The van der Waals surface area contributed by atoms with Crippen molar-refractivity contribution in [3.8, 4) is 0 Å². The van der Waals surface area contributed by atoms with Crippen molar-refractivity contribution in [2.75, 3.05) is 6.61 Å². The average molecular weight is 275 g/mol. The predicted octanol–water partition coefficient (Wildman–Crippen LogP) is 3.93. The fourth-order valence-corrected chi connectivity index (χ4v) is 1.76. The predicted molar refractivity (Wildman–Crippen MR) is 63.5 cm³/mol. The molecule has 0 radical (unpaired) electrons. The normalized spacial score (nSPS) is 11.2. The summed E-state index contributed by atoms with van der Waals surface area (Å²) in [6.45, 7) is 6.59. The lowest BCUT2D eigenvalue weighted by Gasteiger charge is -2.15. The Kier molecular flexibility index (Phi) is 4.18. The number of nitrogens with zero attached hydrogens (tertiary/aromatic N) is 1. The Labute approximate surface area is 107 Å². The Morgan fingerprint density at radius 3 is 2.47 bits per heavy atom. The van der Waals surface area contributed by atoms with Crippen LogP contribution in [0.4, 0.5) is 18.9 Å². The third-order valence-corrected chi connectivity index (χ3v) is 2.54. The number of ether oxygens (including phenoxy) is 1. The Hall–Kier alpha value is -2.05. The highest BCUT2D eigenvalue weighted by Crippen LogP contribution is 2.40. The first-order valence-corrected chi connectivity index (χ1v) is 5.37. The largest absolute Gasteiger partial charge is 0.494 e. The van der Waals surface area contributed by atoms with Crippen LogP contribution in [0.15, 0.2) is 18.7 Å². The Morgan fingerprint density at radius 2 is 2.05 bits per heavy atom. The smallest absolute Gasteiger partial charge is 0.423 e. The maximum absolute atomic E-state index is 12.9. The molecule has 1 aromatic rings. The van der Waals surface area contributed by atoms with E-state index in [1.807, 2.05) is 0 Å². The van der Waals surface area contributed by atoms with Crippen LogP contribution in [0.25, 0.3) is 5.76 Å². The van der Waals surface area contributed by atoms with E-state index < -0.39 is 22.4 Å². The van der Waals surface area contributed by atoms with Gasteiger partial charge >= 0.3 is 6.18 Å². The van der Waals surface area contributed by atoms with Crippen molar-refractivity contribution in [3.05, 3.63) is 45.5 Å². The molecular formula is C12H12F3NO3. The standard InChI is InChI=1S/C12H12F3NO3/c1-4-19-8(3)9-5-6-10(16(17)18)11(7(9)2)12(13,14)15/h5-6H,3-4H2,1-2H3. The first kappa shape index (κ1) is 15.0. The van der Waals surface area contributed by atoms with Gasteiger partial charge in [-0.3, -0.25) is 10.1 Å². The van der Waals surface area contributed by atoms with Gasteiger partial charge in [-0.1, -0.05) is 6.58 Å². The minimum absolute atomic E-state index is 0.0559. The van der Waals surface area contributed by atoms with Crippen LogP contribution >= 0.6 is 0 Å². The van der Waals surface area contributed by atoms with E-state index in [-0.39, 0.29) is 23.5 Å². The summed E-state index contributed by atoms with van der Waals surface area (Å²) >= 11 is 0. The summed E-state index contributed by atoms with van der Waals surface area (Å²) in [5.41, 5.74) is -2.39. The molecule has 0 aliphatic heterocycles. The van der Waals surface area contributed by atoms with Crippen LogP contribution in [0.2, 0.25) is 0 Å². The van der Waals surface area contributed by atoms with Crippen molar-refractivity contribution in [1.29, 1.82) is 0 Å². The van der Waals surface area contributed by atoms with Crippen LogP contribution in [0.5, 0.6) is 0 Å². The highest BCUT2D eigenvalue weighted by atomic mass is 19.4. The van der Waals surface area contributed by atoms with E-state index in [2.05, 4.69) is 6.58 Å². The molecule has 0 aliphatic rings. The number of hydrogen-bond acceptors (Lipinski definition) is 3. The van der Waals surface area contributed by atoms with Gasteiger partial charge in [0.25, 0.3) is 5.69 Å². The zero-order chi connectivity index (χ0) is 14.8. The Morgan fingerprint density at radius 1 is 1.47 bits per heavy atom. The summed E-state index contributed by atoms with van der Waals surface area (Å²) in [6.07, 6.45) is -4.81. The quantitative estimate of drug-likeness (QED) is 0.475. The Balaban J connectivity index is 3.51. The van der Waals surface area contributed by atoms with Gasteiger partial charge in [-0.2, -0.15) is 13.2 Å². The summed E-state index contributed by atoms with van der Waals surface area (Å²) in [5, 5.41) is 10.7. The maximum atomic E-state index is 12.9. The molecule has 0 aliphatic carbocycles. The second kappa shape index (κ2) is 5.29. The number of nitro benzene ring substituents is 1. The summed E-state index contributed by atoms with van der Waals surface area (Å²) < 4.78 is 43.8. The molecule has 0 unspecified atom stereocenters. The molecule has 0 fully saturated rings. The molecule has 0 atom stereocenters. The van der Waals surface area contributed by atoms with Gasteiger partial charge in [0.1, 0.15) is 11.3 Å². The minimum Gasteiger partial charge on any atom is -0.494 e. The fourth-order valence-electron chi connectivity index (χ4n) is 1.76. The Bertz CT molecular complexity index is 524. The van der Waals surface area contributed by atoms with Crippen LogP contribution in [-0.2, 0) is 10.9 Å². The van der Waals surface area contributed by atoms with Crippen molar-refractivity contribution < 1.29 is 22.8 Å². The molecular weight excluding hydrogens is 263 g/mol. The fraction of sp³-hybridized carbons (Fsp3) is 0.333. The van der Waals surface area contributed by atoms with Crippen molar-refractivity contribution >= 4 is 11.4 Å². The minimum atomic E-state index is -4.81. The van der Waals surface area contributed by atoms with Gasteiger partial charge in [-0.15, -0.1) is 0 Å². The van der Waals surface area contributed by atoms with Crippen LogP contribution in [0.3, 0.4) is 0 Å². The van der Waals surface area contributed by atoms with Gasteiger partial charge in [-0.05, 0) is 25.5 Å². The van der Waals surface area contributed by atoms with Gasteiger partial charge in [0.2, 0.25) is 0 Å². The molecule has 0 heterocycles. The van der Waals surface area contributed by atoms with E-state index in [4.69, 9.17) is 4.74 Å². The van der Waals surface area contributed by atoms with Crippen LogP contribution < -0.4 is 0 Å². The molecule has 0 spiro atoms. The van der Waals surface area contributed by atoms with Crippen molar-refractivity contribution in [2.45, 2.75) is 20.0 Å². The van der Waals surface area contributed by atoms with Gasteiger partial charge in [0, 0.05) is 11.6 Å². The van der Waals surface area contributed by atoms with Gasteiger partial charge in [0.15, 0.2) is 0 Å². The molecule has 0 saturated carbocycles. The molecule has 1 aromatic carbocycles. The molecule has 104 valence electrons. The van der Waals surface area contributed by atoms with E-state index in [0.29, 0.717) is 0 Å². The van der Waals surface area contributed by atoms with Crippen LogP contribution in [-0.4, -0.2) is 11.5 Å². The second-order valence-electron chi connectivity index (χ2n) is 3.74. The first-order chi connectivity index (χ1) is 8.70. The zero-order valence-corrected chi connectivity index (χ0v) is 10.4. The van der Waals surface area contributed by atoms with E-state index >= 15 is 0 Å². The highest BCUT2D eigenvalue weighted by Gasteiger charge is 2.40. The second-order valence-corrected chi connectivity index (χ2v) is 3.74. The summed E-state index contributed by atoms with van der Waals surface area (Å²) in [5.74, 6) is 0.0559. The SMILES string of the molecule is C=C(OCC)c1ccc([N+](=O)[O-])c(C(F)(F)F)c1C. The lowest BCUT2D eigenvalue weighted by atomic mass is 9.99. The topological polar surface area (TPSA) is 52.4 Å². The monoisotopic (exact) mass is 275 g/mol. The lowest BCUT2D eigenvalue weighted by Crippen LogP contribution is -2.13. The third-order valence-electron chi connectivity index (χ3n) is 2.54. The van der Waals surface area contributed by atoms with Crippen LogP contribution in [0, 0.1) is 17.0 Å². The zero-order valence-electron chi connectivity index (χ0n) is 10.4. The maximum Gasteiger partial charge on any atom is 0.423 e. The van der Waals surface area contributed by atoms with Crippen molar-refractivity contribution in [3.63, 3.8) is 0 Å². The lowest BCUT2D eigenvalue weighted by molar-refractivity contribution is -0.388. The third kappa shape index (κ3) is 3.04. The van der Waals surface area contributed by atoms with Crippen LogP contribution in [0.1, 0.15) is 23.6 Å². The molecule has 19 heavy (non-hydrogen) atoms. The number of benzene rings is 1. The van der Waals surface area contributed by atoms with Gasteiger partial charge in [0.05, 0.1) is 11.5 Å². The highest BCUT2D eigenvalue weighted by molar-refractivity contribution is 5.66. The summed E-state index contributed by atoms with van der Waals surface area (Å²) in [4.78, 5) is 9.63. The molecule has 0 saturated heterocycles. The van der Waals surface area contributed by atoms with E-state index in [0.717, 1.165) is 13.0 Å². The number of nitro groups is 1. The van der Waals surface area contributed by atoms with E-state index in [1.54, 1.807) is 6.92 Å². The molecule has 0 amide bonds. The molecule has 4 nitrogen and oxygen atoms in total. The number of hydrogen-bond donors (Lipinski definition) is 0. The average Bonchev–Trinajstić information content (AvgIpc) is 2.26. The molecule has 7 heteroatoms. The van der Waals surface area contributed by atoms with Gasteiger partial charge in [-0.25, -0.2) is 0 Å². The summed E-state index contributed by atoms with van der Waals surface area (Å²) in [6, 6.07) is 2.02. The first-order valence-electron chi connectivity index (χ1n) is 5.37. The van der Waals surface area contributed by atoms with E-state index in [9.17, 15) is 23.3 Å². The van der Waals surface area contributed by atoms with Crippen molar-refractivity contribution in [1.82, 2.24) is 0 Å². The molecule has 0 bridgehead atoms. The number of halogens is 3. The molecule has 0 aromatic heterocycles. The number of alkyl halides is 3. The molecule has 1 rings (SSSR count). The van der Waals surface area contributed by atoms with E-state index in [1.165, 1.54) is 6.07 Å². The molecule has 0 N–H and O–H groups in total. The number of rotatable bonds is 4. The van der Waals surface area contributed by atoms with Gasteiger partial charge < -0.3 is 4.74 Å².